The number of hydrogen-bond donors (Lipinski definition) is 0. The molecule has 0 atom stereocenters. The van der Waals surface area contributed by atoms with Crippen molar-refractivity contribution in [2.24, 2.45) is 4.40 Å². The number of carbonyl (C=O) groups excluding carboxylic acids is 1. The number of amidine groups is 1. The number of sulfonamides is 1. The Morgan fingerprint density at radius 3 is 2.45 bits per heavy atom. The lowest BCUT2D eigenvalue weighted by Gasteiger charge is -2.12. The van der Waals surface area contributed by atoms with E-state index >= 15 is 0 Å². The van der Waals surface area contributed by atoms with Gasteiger partial charge in [0.05, 0.1) is 9.80 Å². The summed E-state index contributed by atoms with van der Waals surface area (Å²) < 4.78 is 28.5. The van der Waals surface area contributed by atoms with E-state index in [-0.39, 0.29) is 16.0 Å². The van der Waals surface area contributed by atoms with Gasteiger partial charge in [-0.2, -0.15) is 8.42 Å². The molecule has 0 aliphatic carbocycles. The fourth-order valence-corrected chi connectivity index (χ4v) is 4.16. The maximum atomic E-state index is 12.3. The molecule has 1 amide bonds. The first-order valence-electron chi connectivity index (χ1n) is 6.63. The van der Waals surface area contributed by atoms with E-state index in [0.29, 0.717) is 11.4 Å². The van der Waals surface area contributed by atoms with Crippen molar-refractivity contribution in [3.05, 3.63) is 41.4 Å². The highest BCUT2D eigenvalue weighted by molar-refractivity contribution is 8.19. The van der Waals surface area contributed by atoms with Crippen LogP contribution in [0.2, 0.25) is 0 Å². The second-order valence-electron chi connectivity index (χ2n) is 4.77. The molecule has 1 aromatic rings. The first kappa shape index (κ1) is 16.6. The number of hydrogen-bond acceptors (Lipinski definition) is 5. The van der Waals surface area contributed by atoms with Crippen LogP contribution in [0.5, 0.6) is 0 Å². The van der Waals surface area contributed by atoms with Crippen molar-refractivity contribution in [2.75, 3.05) is 20.6 Å². The van der Waals surface area contributed by atoms with Crippen LogP contribution < -0.4 is 0 Å². The maximum Gasteiger partial charge on any atom is 0.284 e. The van der Waals surface area contributed by atoms with Crippen LogP contribution in [0.4, 0.5) is 0 Å². The van der Waals surface area contributed by atoms with Gasteiger partial charge in [-0.05, 0) is 30.8 Å². The highest BCUT2D eigenvalue weighted by Gasteiger charge is 2.34. The Balaban J connectivity index is 2.41. The first-order chi connectivity index (χ1) is 10.3. The minimum absolute atomic E-state index is 0.108. The van der Waals surface area contributed by atoms with Gasteiger partial charge < -0.3 is 4.90 Å². The maximum absolute atomic E-state index is 12.3. The van der Waals surface area contributed by atoms with Gasteiger partial charge in [0, 0.05) is 26.8 Å². The van der Waals surface area contributed by atoms with Crippen LogP contribution in [0.1, 0.15) is 6.92 Å². The van der Waals surface area contributed by atoms with Crippen molar-refractivity contribution in [1.29, 1.82) is 0 Å². The van der Waals surface area contributed by atoms with Gasteiger partial charge in [0.2, 0.25) is 0 Å². The molecule has 8 heteroatoms. The molecule has 1 aromatic carbocycles. The lowest BCUT2D eigenvalue weighted by molar-refractivity contribution is -0.122. The average Bonchev–Trinajstić information content (AvgIpc) is 2.74. The van der Waals surface area contributed by atoms with Crippen LogP contribution in [-0.4, -0.2) is 49.9 Å². The van der Waals surface area contributed by atoms with Crippen molar-refractivity contribution in [3.63, 3.8) is 0 Å². The Bertz CT molecular complexity index is 725. The zero-order chi connectivity index (χ0) is 16.3. The second-order valence-corrected chi connectivity index (χ2v) is 7.38. The predicted molar refractivity (Wildman–Crippen MR) is 87.8 cm³/mol. The lowest BCUT2D eigenvalue weighted by atomic mass is 10.4. The minimum Gasteiger partial charge on any atom is -0.382 e. The van der Waals surface area contributed by atoms with Crippen LogP contribution in [0.15, 0.2) is 50.7 Å². The Hall–Kier alpha value is -1.80. The lowest BCUT2D eigenvalue weighted by Crippen LogP contribution is -2.29. The van der Waals surface area contributed by atoms with Gasteiger partial charge in [-0.15, -0.1) is 4.40 Å². The third-order valence-electron chi connectivity index (χ3n) is 2.82. The van der Waals surface area contributed by atoms with Crippen molar-refractivity contribution in [3.8, 4) is 0 Å². The van der Waals surface area contributed by atoms with Crippen LogP contribution in [-0.2, 0) is 14.8 Å². The van der Waals surface area contributed by atoms with Gasteiger partial charge >= 0.3 is 0 Å². The molecule has 22 heavy (non-hydrogen) atoms. The number of rotatable bonds is 4. The largest absolute Gasteiger partial charge is 0.382 e. The van der Waals surface area contributed by atoms with Crippen LogP contribution >= 0.6 is 11.8 Å². The molecule has 0 spiro atoms. The summed E-state index contributed by atoms with van der Waals surface area (Å²) in [7, 11) is -0.232. The molecule has 0 aromatic heterocycles. The number of nitrogens with zero attached hydrogens (tertiary/aromatic N) is 3. The number of thioether (sulfide) groups is 1. The fourth-order valence-electron chi connectivity index (χ4n) is 1.83. The van der Waals surface area contributed by atoms with E-state index in [9.17, 15) is 13.2 Å². The molecule has 1 saturated heterocycles. The Morgan fingerprint density at radius 1 is 1.27 bits per heavy atom. The summed E-state index contributed by atoms with van der Waals surface area (Å²) in [6.07, 6.45) is 1.66. The smallest absolute Gasteiger partial charge is 0.284 e. The van der Waals surface area contributed by atoms with Crippen molar-refractivity contribution >= 4 is 32.9 Å². The highest BCUT2D eigenvalue weighted by atomic mass is 32.2. The first-order valence-corrected chi connectivity index (χ1v) is 8.89. The second kappa shape index (κ2) is 6.53. The van der Waals surface area contributed by atoms with E-state index in [1.807, 2.05) is 0 Å². The number of amides is 1. The van der Waals surface area contributed by atoms with E-state index < -0.39 is 10.0 Å². The molecule has 6 nitrogen and oxygen atoms in total. The monoisotopic (exact) mass is 339 g/mol. The molecule has 0 saturated carbocycles. The molecule has 0 radical (unpaired) electrons. The van der Waals surface area contributed by atoms with Crippen LogP contribution in [0, 0.1) is 0 Å². The molecule has 1 heterocycles. The number of carbonyl (C=O) groups is 1. The number of likely N-dealkylation sites (N-methyl/N-ethyl adjacent to an activating group) is 1. The predicted octanol–water partition coefficient (Wildman–Crippen LogP) is 1.73. The van der Waals surface area contributed by atoms with E-state index in [4.69, 9.17) is 0 Å². The van der Waals surface area contributed by atoms with Gasteiger partial charge in [0.1, 0.15) is 0 Å². The van der Waals surface area contributed by atoms with Crippen LogP contribution in [0.25, 0.3) is 0 Å². The normalized spacial score (nSPS) is 19.2. The molecular formula is C14H17N3O3S2. The summed E-state index contributed by atoms with van der Waals surface area (Å²) in [6, 6.07) is 7.96. The topological polar surface area (TPSA) is 70.1 Å². The molecule has 118 valence electrons. The summed E-state index contributed by atoms with van der Waals surface area (Å²) in [4.78, 5) is 15.9. The van der Waals surface area contributed by atoms with E-state index in [1.165, 1.54) is 17.0 Å². The quantitative estimate of drug-likeness (QED) is 0.781. The van der Waals surface area contributed by atoms with Gasteiger partial charge in [0.25, 0.3) is 15.9 Å². The van der Waals surface area contributed by atoms with E-state index in [1.54, 1.807) is 50.3 Å². The third kappa shape index (κ3) is 3.50. The SMILES string of the molecule is CCN1C(=O)/C(=C\N(C)C)S/C1=N\S(=O)(=O)c1ccccc1. The van der Waals surface area contributed by atoms with Crippen molar-refractivity contribution in [1.82, 2.24) is 9.80 Å². The van der Waals surface area contributed by atoms with Crippen molar-refractivity contribution in [2.45, 2.75) is 11.8 Å². The summed E-state index contributed by atoms with van der Waals surface area (Å²) >= 11 is 1.07. The molecule has 1 aliphatic rings. The van der Waals surface area contributed by atoms with Gasteiger partial charge in [-0.25, -0.2) is 0 Å². The zero-order valence-electron chi connectivity index (χ0n) is 12.6. The molecule has 0 bridgehead atoms. The molecule has 1 aliphatic heterocycles. The molecule has 0 unspecified atom stereocenters. The van der Waals surface area contributed by atoms with Crippen molar-refractivity contribution < 1.29 is 13.2 Å². The van der Waals surface area contributed by atoms with Gasteiger partial charge in [-0.3, -0.25) is 9.69 Å². The third-order valence-corrected chi connectivity index (χ3v) is 5.21. The molecular weight excluding hydrogens is 322 g/mol. The van der Waals surface area contributed by atoms with Gasteiger partial charge in [0.15, 0.2) is 5.17 Å². The average molecular weight is 339 g/mol. The molecule has 0 N–H and O–H groups in total. The standard InChI is InChI=1S/C14H17N3O3S2/c1-4-17-13(18)12(10-16(2)3)21-14(17)15-22(19,20)11-8-6-5-7-9-11/h5-10H,4H2,1-3H3/b12-10+,15-14-. The highest BCUT2D eigenvalue weighted by Crippen LogP contribution is 2.32. The Labute approximate surface area is 134 Å². The zero-order valence-corrected chi connectivity index (χ0v) is 14.2. The number of benzene rings is 1. The summed E-state index contributed by atoms with van der Waals surface area (Å²) in [5.41, 5.74) is 0. The Morgan fingerprint density at radius 2 is 1.91 bits per heavy atom. The molecule has 2 rings (SSSR count). The van der Waals surface area contributed by atoms with Crippen LogP contribution in [0.3, 0.4) is 0 Å². The van der Waals surface area contributed by atoms with E-state index in [0.717, 1.165) is 11.8 Å². The molecule has 1 fully saturated rings. The fraction of sp³-hybridized carbons (Fsp3) is 0.286. The minimum atomic E-state index is -3.83. The van der Waals surface area contributed by atoms with Gasteiger partial charge in [-0.1, -0.05) is 18.2 Å². The summed E-state index contributed by atoms with van der Waals surface area (Å²) in [5, 5.41) is 0.185. The summed E-state index contributed by atoms with van der Waals surface area (Å²) in [5.74, 6) is -0.233. The Kier molecular flexibility index (Phi) is 4.92. The summed E-state index contributed by atoms with van der Waals surface area (Å²) in [6.45, 7) is 2.14. The van der Waals surface area contributed by atoms with E-state index in [2.05, 4.69) is 4.40 Å².